The number of rotatable bonds is 5. The molecule has 1 saturated carbocycles. The van der Waals surface area contributed by atoms with Crippen LogP contribution in [-0.4, -0.2) is 18.2 Å². The Morgan fingerprint density at radius 1 is 1.39 bits per heavy atom. The molecule has 98 valence electrons. The van der Waals surface area contributed by atoms with Crippen LogP contribution in [0.3, 0.4) is 0 Å². The zero-order chi connectivity index (χ0) is 13.0. The molecule has 0 saturated heterocycles. The second-order valence-corrected chi connectivity index (χ2v) is 4.95. The molecule has 0 aliphatic heterocycles. The van der Waals surface area contributed by atoms with Crippen LogP contribution in [-0.2, 0) is 11.2 Å². The molecule has 0 aromatic heterocycles. The van der Waals surface area contributed by atoms with Gasteiger partial charge in [-0.2, -0.15) is 0 Å². The van der Waals surface area contributed by atoms with E-state index in [2.05, 4.69) is 6.07 Å². The minimum absolute atomic E-state index is 0.191. The Morgan fingerprint density at radius 3 is 2.72 bits per heavy atom. The molecule has 0 bridgehead atoms. The Labute approximate surface area is 108 Å². The molecule has 0 heterocycles. The van der Waals surface area contributed by atoms with Crippen molar-refractivity contribution >= 4 is 5.97 Å². The van der Waals surface area contributed by atoms with E-state index in [0.717, 1.165) is 11.3 Å². The predicted octanol–water partition coefficient (Wildman–Crippen LogP) is 3.37. The van der Waals surface area contributed by atoms with Gasteiger partial charge in [-0.3, -0.25) is 4.79 Å². The zero-order valence-corrected chi connectivity index (χ0v) is 10.8. The fraction of sp³-hybridized carbons (Fsp3) is 0.533. The van der Waals surface area contributed by atoms with Crippen LogP contribution in [0.4, 0.5) is 0 Å². The van der Waals surface area contributed by atoms with Gasteiger partial charge in [0.15, 0.2) is 0 Å². The average molecular weight is 248 g/mol. The summed E-state index contributed by atoms with van der Waals surface area (Å²) in [5.41, 5.74) is 2.36. The van der Waals surface area contributed by atoms with Gasteiger partial charge < -0.3 is 9.84 Å². The third-order valence-corrected chi connectivity index (χ3v) is 3.72. The van der Waals surface area contributed by atoms with Crippen molar-refractivity contribution in [1.82, 2.24) is 0 Å². The molecule has 1 aliphatic carbocycles. The molecular weight excluding hydrogens is 228 g/mol. The SMILES string of the molecule is COc1ccc(CCC(=O)O)cc1C1CCCC1. The molecule has 1 N–H and O–H groups in total. The van der Waals surface area contributed by atoms with Gasteiger partial charge in [0.1, 0.15) is 5.75 Å². The van der Waals surface area contributed by atoms with Crippen molar-refractivity contribution in [1.29, 1.82) is 0 Å². The molecule has 0 atom stereocenters. The van der Waals surface area contributed by atoms with Crippen molar-refractivity contribution in [3.8, 4) is 5.75 Å². The molecule has 2 rings (SSSR count). The fourth-order valence-electron chi connectivity index (χ4n) is 2.75. The van der Waals surface area contributed by atoms with Crippen molar-refractivity contribution in [3.63, 3.8) is 0 Å². The first-order valence-electron chi connectivity index (χ1n) is 6.59. The molecule has 18 heavy (non-hydrogen) atoms. The third-order valence-electron chi connectivity index (χ3n) is 3.72. The molecule has 3 nitrogen and oxygen atoms in total. The van der Waals surface area contributed by atoms with Crippen LogP contribution in [0, 0.1) is 0 Å². The first-order chi connectivity index (χ1) is 8.70. The Bertz CT molecular complexity index is 420. The van der Waals surface area contributed by atoms with Crippen LogP contribution in [0.15, 0.2) is 18.2 Å². The van der Waals surface area contributed by atoms with Gasteiger partial charge in [-0.05, 0) is 42.4 Å². The highest BCUT2D eigenvalue weighted by atomic mass is 16.5. The maximum absolute atomic E-state index is 10.6. The summed E-state index contributed by atoms with van der Waals surface area (Å²) in [6.07, 6.45) is 5.80. The van der Waals surface area contributed by atoms with Crippen LogP contribution in [0.5, 0.6) is 5.75 Å². The summed E-state index contributed by atoms with van der Waals surface area (Å²) < 4.78 is 5.42. The number of carboxylic acids is 1. The van der Waals surface area contributed by atoms with E-state index in [0.29, 0.717) is 12.3 Å². The third kappa shape index (κ3) is 3.03. The Hall–Kier alpha value is -1.51. The number of aryl methyl sites for hydroxylation is 1. The summed E-state index contributed by atoms with van der Waals surface area (Å²) in [7, 11) is 1.70. The van der Waals surface area contributed by atoms with Crippen molar-refractivity contribution < 1.29 is 14.6 Å². The minimum Gasteiger partial charge on any atom is -0.496 e. The second-order valence-electron chi connectivity index (χ2n) is 4.95. The highest BCUT2D eigenvalue weighted by Crippen LogP contribution is 2.39. The summed E-state index contributed by atoms with van der Waals surface area (Å²) in [6.45, 7) is 0. The van der Waals surface area contributed by atoms with Gasteiger partial charge in [0.25, 0.3) is 0 Å². The summed E-state index contributed by atoms with van der Waals surface area (Å²) in [4.78, 5) is 10.6. The molecule has 0 unspecified atom stereocenters. The number of hydrogen-bond donors (Lipinski definition) is 1. The Morgan fingerprint density at radius 2 is 2.11 bits per heavy atom. The molecular formula is C15H20O3. The molecule has 1 aromatic rings. The lowest BCUT2D eigenvalue weighted by Crippen LogP contribution is -2.01. The van der Waals surface area contributed by atoms with Crippen LogP contribution in [0.1, 0.15) is 49.1 Å². The molecule has 0 spiro atoms. The lowest BCUT2D eigenvalue weighted by Gasteiger charge is -2.15. The summed E-state index contributed by atoms with van der Waals surface area (Å²) in [5, 5.41) is 8.73. The van der Waals surface area contributed by atoms with Crippen molar-refractivity contribution in [2.24, 2.45) is 0 Å². The Kier molecular flexibility index (Phi) is 4.24. The van der Waals surface area contributed by atoms with Crippen LogP contribution in [0.2, 0.25) is 0 Å². The van der Waals surface area contributed by atoms with E-state index in [4.69, 9.17) is 9.84 Å². The van der Waals surface area contributed by atoms with Crippen LogP contribution in [0.25, 0.3) is 0 Å². The highest BCUT2D eigenvalue weighted by molar-refractivity contribution is 5.67. The topological polar surface area (TPSA) is 46.5 Å². The molecule has 1 aromatic carbocycles. The summed E-state index contributed by atoms with van der Waals surface area (Å²) in [5.74, 6) is 0.791. The lowest BCUT2D eigenvalue weighted by atomic mass is 9.94. The second kappa shape index (κ2) is 5.89. The molecule has 1 fully saturated rings. The first-order valence-corrected chi connectivity index (χ1v) is 6.59. The highest BCUT2D eigenvalue weighted by Gasteiger charge is 2.20. The average Bonchev–Trinajstić information content (AvgIpc) is 2.89. The van der Waals surface area contributed by atoms with E-state index in [9.17, 15) is 4.79 Å². The fourth-order valence-corrected chi connectivity index (χ4v) is 2.75. The van der Waals surface area contributed by atoms with Crippen molar-refractivity contribution in [3.05, 3.63) is 29.3 Å². The first kappa shape index (κ1) is 12.9. The van der Waals surface area contributed by atoms with E-state index < -0.39 is 5.97 Å². The molecule has 3 heteroatoms. The lowest BCUT2D eigenvalue weighted by molar-refractivity contribution is -0.136. The number of methoxy groups -OCH3 is 1. The quantitative estimate of drug-likeness (QED) is 0.869. The van der Waals surface area contributed by atoms with E-state index >= 15 is 0 Å². The molecule has 0 amide bonds. The summed E-state index contributed by atoms with van der Waals surface area (Å²) in [6, 6.07) is 6.09. The molecule has 1 aliphatic rings. The van der Waals surface area contributed by atoms with E-state index in [1.54, 1.807) is 7.11 Å². The van der Waals surface area contributed by atoms with Crippen molar-refractivity contribution in [2.45, 2.75) is 44.4 Å². The van der Waals surface area contributed by atoms with Crippen LogP contribution >= 0.6 is 0 Å². The van der Waals surface area contributed by atoms with Gasteiger partial charge in [0.2, 0.25) is 0 Å². The van der Waals surface area contributed by atoms with Gasteiger partial charge >= 0.3 is 5.97 Å². The zero-order valence-electron chi connectivity index (χ0n) is 10.8. The van der Waals surface area contributed by atoms with Gasteiger partial charge in [0, 0.05) is 6.42 Å². The maximum Gasteiger partial charge on any atom is 0.303 e. The normalized spacial score (nSPS) is 15.8. The monoisotopic (exact) mass is 248 g/mol. The smallest absolute Gasteiger partial charge is 0.303 e. The van der Waals surface area contributed by atoms with Gasteiger partial charge in [-0.15, -0.1) is 0 Å². The number of aliphatic carboxylic acids is 1. The van der Waals surface area contributed by atoms with Crippen molar-refractivity contribution in [2.75, 3.05) is 7.11 Å². The Balaban J connectivity index is 2.18. The number of carbonyl (C=O) groups is 1. The molecule has 0 radical (unpaired) electrons. The largest absolute Gasteiger partial charge is 0.496 e. The number of carboxylic acid groups (broad SMARTS) is 1. The predicted molar refractivity (Wildman–Crippen MR) is 70.2 cm³/mol. The van der Waals surface area contributed by atoms with Gasteiger partial charge in [0.05, 0.1) is 7.11 Å². The van der Waals surface area contributed by atoms with Gasteiger partial charge in [-0.25, -0.2) is 0 Å². The number of benzene rings is 1. The maximum atomic E-state index is 10.6. The van der Waals surface area contributed by atoms with E-state index in [1.165, 1.54) is 31.2 Å². The standard InChI is InChI=1S/C15H20O3/c1-18-14-8-6-11(7-9-15(16)17)10-13(14)12-4-2-3-5-12/h6,8,10,12H,2-5,7,9H2,1H3,(H,16,17). The van der Waals surface area contributed by atoms with Crippen LogP contribution < -0.4 is 4.74 Å². The summed E-state index contributed by atoms with van der Waals surface area (Å²) >= 11 is 0. The number of ether oxygens (including phenoxy) is 1. The van der Waals surface area contributed by atoms with E-state index in [1.807, 2.05) is 12.1 Å². The van der Waals surface area contributed by atoms with E-state index in [-0.39, 0.29) is 6.42 Å². The number of hydrogen-bond acceptors (Lipinski definition) is 2. The minimum atomic E-state index is -0.742. The van der Waals surface area contributed by atoms with Gasteiger partial charge in [-0.1, -0.05) is 25.0 Å².